The molecular weight excluding hydrogens is 386 g/mol. The Balaban J connectivity index is 1.92. The first-order valence-corrected chi connectivity index (χ1v) is 10.7. The van der Waals surface area contributed by atoms with Crippen LogP contribution in [0.4, 0.5) is 17.5 Å². The summed E-state index contributed by atoms with van der Waals surface area (Å²) in [5.74, 6) is 1.15. The van der Waals surface area contributed by atoms with Gasteiger partial charge in [0.2, 0.25) is 5.95 Å². The van der Waals surface area contributed by atoms with Crippen LogP contribution in [-0.4, -0.2) is 45.6 Å². The summed E-state index contributed by atoms with van der Waals surface area (Å²) < 4.78 is 28.1. The number of nitrogens with one attached hydrogen (secondary N) is 1. The highest BCUT2D eigenvalue weighted by atomic mass is 35.5. The van der Waals surface area contributed by atoms with E-state index in [2.05, 4.69) is 19.6 Å². The number of aromatic nitrogens is 2. The zero-order valence-electron chi connectivity index (χ0n) is 15.7. The molecule has 1 fully saturated rings. The third-order valence-corrected chi connectivity index (χ3v) is 6.29. The van der Waals surface area contributed by atoms with Crippen LogP contribution in [0.25, 0.3) is 0 Å². The zero-order valence-corrected chi connectivity index (χ0v) is 17.3. The van der Waals surface area contributed by atoms with E-state index in [0.29, 0.717) is 22.5 Å². The van der Waals surface area contributed by atoms with Crippen LogP contribution in [-0.2, 0) is 10.0 Å². The van der Waals surface area contributed by atoms with E-state index in [1.807, 2.05) is 21.0 Å². The average Bonchev–Trinajstić information content (AvgIpc) is 2.64. The van der Waals surface area contributed by atoms with Gasteiger partial charge in [0, 0.05) is 32.2 Å². The summed E-state index contributed by atoms with van der Waals surface area (Å²) in [6.45, 7) is 3.66. The molecule has 7 nitrogen and oxygen atoms in total. The highest BCUT2D eigenvalue weighted by Crippen LogP contribution is 2.28. The first-order chi connectivity index (χ1) is 12.8. The summed E-state index contributed by atoms with van der Waals surface area (Å²) in [4.78, 5) is 13.0. The fourth-order valence-electron chi connectivity index (χ4n) is 2.97. The maximum atomic E-state index is 12.8. The van der Waals surface area contributed by atoms with Crippen molar-refractivity contribution in [2.75, 3.05) is 41.7 Å². The van der Waals surface area contributed by atoms with Crippen LogP contribution in [0.5, 0.6) is 0 Å². The Morgan fingerprint density at radius 1 is 1.19 bits per heavy atom. The molecule has 9 heteroatoms. The number of anilines is 3. The minimum absolute atomic E-state index is 0.0999. The normalized spacial score (nSPS) is 14.9. The first-order valence-electron chi connectivity index (χ1n) is 8.86. The number of hydrogen-bond acceptors (Lipinski definition) is 6. The third kappa shape index (κ3) is 4.44. The van der Waals surface area contributed by atoms with Crippen LogP contribution < -0.4 is 14.5 Å². The van der Waals surface area contributed by atoms with E-state index in [4.69, 9.17) is 11.6 Å². The van der Waals surface area contributed by atoms with E-state index in [1.165, 1.54) is 24.8 Å². The monoisotopic (exact) mass is 409 g/mol. The second-order valence-corrected chi connectivity index (χ2v) is 8.96. The molecule has 2 heterocycles. The number of nitrogens with zero attached hydrogens (tertiary/aromatic N) is 4. The first kappa shape index (κ1) is 19.7. The van der Waals surface area contributed by atoms with Crippen molar-refractivity contribution >= 4 is 39.1 Å². The predicted molar refractivity (Wildman–Crippen MR) is 109 cm³/mol. The number of hydrogen-bond donors (Lipinski definition) is 1. The van der Waals surface area contributed by atoms with Crippen LogP contribution in [0.2, 0.25) is 5.02 Å². The van der Waals surface area contributed by atoms with E-state index in [0.717, 1.165) is 31.5 Å². The standard InChI is InChI=1S/C18H24ClN5O2S/c1-13-7-8-14(11-15(13)19)27(25,26)22-16-12-20-18(21-17(16)23(2)3)24-9-5-4-6-10-24/h7-8,11-12,22H,4-6,9-10H2,1-3H3. The van der Waals surface area contributed by atoms with Gasteiger partial charge in [-0.1, -0.05) is 17.7 Å². The molecule has 2 aromatic rings. The SMILES string of the molecule is Cc1ccc(S(=O)(=O)Nc2cnc(N3CCCCC3)nc2N(C)C)cc1Cl. The van der Waals surface area contributed by atoms with E-state index in [1.54, 1.807) is 11.0 Å². The molecule has 1 aromatic carbocycles. The quantitative estimate of drug-likeness (QED) is 0.816. The minimum Gasteiger partial charge on any atom is -0.361 e. The topological polar surface area (TPSA) is 78.4 Å². The predicted octanol–water partition coefficient (Wildman–Crippen LogP) is 3.30. The second kappa shape index (κ2) is 7.90. The van der Waals surface area contributed by atoms with Gasteiger partial charge in [-0.2, -0.15) is 4.98 Å². The number of benzene rings is 1. The molecular formula is C18H24ClN5O2S. The van der Waals surface area contributed by atoms with Crippen LogP contribution in [0.1, 0.15) is 24.8 Å². The van der Waals surface area contributed by atoms with Crippen molar-refractivity contribution < 1.29 is 8.42 Å². The zero-order chi connectivity index (χ0) is 19.6. The molecule has 1 N–H and O–H groups in total. The van der Waals surface area contributed by atoms with Gasteiger partial charge in [-0.3, -0.25) is 4.72 Å². The summed E-state index contributed by atoms with van der Waals surface area (Å²) in [6.07, 6.45) is 4.97. The Labute approximate surface area is 165 Å². The maximum Gasteiger partial charge on any atom is 0.262 e. The van der Waals surface area contributed by atoms with Crippen molar-refractivity contribution in [2.24, 2.45) is 0 Å². The van der Waals surface area contributed by atoms with Crippen molar-refractivity contribution in [3.63, 3.8) is 0 Å². The van der Waals surface area contributed by atoms with Crippen molar-refractivity contribution in [1.82, 2.24) is 9.97 Å². The van der Waals surface area contributed by atoms with Gasteiger partial charge < -0.3 is 9.80 Å². The summed E-state index contributed by atoms with van der Waals surface area (Å²) in [7, 11) is -0.156. The van der Waals surface area contributed by atoms with Gasteiger partial charge in [0.1, 0.15) is 5.69 Å². The lowest BCUT2D eigenvalue weighted by atomic mass is 10.1. The molecule has 0 aliphatic carbocycles. The molecule has 0 amide bonds. The lowest BCUT2D eigenvalue weighted by Crippen LogP contribution is -2.31. The molecule has 0 bridgehead atoms. The Morgan fingerprint density at radius 2 is 1.89 bits per heavy atom. The van der Waals surface area contributed by atoms with E-state index in [-0.39, 0.29) is 4.90 Å². The Morgan fingerprint density at radius 3 is 2.52 bits per heavy atom. The van der Waals surface area contributed by atoms with Gasteiger partial charge in [-0.25, -0.2) is 13.4 Å². The van der Waals surface area contributed by atoms with Crippen LogP contribution in [0.15, 0.2) is 29.3 Å². The maximum absolute atomic E-state index is 12.8. The lowest BCUT2D eigenvalue weighted by Gasteiger charge is -2.28. The Kier molecular flexibility index (Phi) is 5.76. The van der Waals surface area contributed by atoms with Gasteiger partial charge in [-0.15, -0.1) is 0 Å². The van der Waals surface area contributed by atoms with Gasteiger partial charge in [-0.05, 0) is 43.9 Å². The lowest BCUT2D eigenvalue weighted by molar-refractivity contribution is 0.568. The number of piperidine rings is 1. The summed E-state index contributed by atoms with van der Waals surface area (Å²) in [5.41, 5.74) is 1.15. The largest absolute Gasteiger partial charge is 0.361 e. The molecule has 0 radical (unpaired) electrons. The van der Waals surface area contributed by atoms with Gasteiger partial charge in [0.05, 0.1) is 11.1 Å². The van der Waals surface area contributed by atoms with Crippen LogP contribution in [0, 0.1) is 6.92 Å². The third-order valence-electron chi connectivity index (χ3n) is 4.52. The van der Waals surface area contributed by atoms with E-state index in [9.17, 15) is 8.42 Å². The summed E-state index contributed by atoms with van der Waals surface area (Å²) in [6, 6.07) is 4.65. The number of halogens is 1. The summed E-state index contributed by atoms with van der Waals surface area (Å²) in [5, 5.41) is 0.405. The molecule has 1 aliphatic heterocycles. The molecule has 0 saturated carbocycles. The minimum atomic E-state index is -3.80. The van der Waals surface area contributed by atoms with Crippen molar-refractivity contribution in [3.05, 3.63) is 35.0 Å². The van der Waals surface area contributed by atoms with Gasteiger partial charge >= 0.3 is 0 Å². The van der Waals surface area contributed by atoms with Gasteiger partial charge in [0.25, 0.3) is 10.0 Å². The molecule has 1 aromatic heterocycles. The second-order valence-electron chi connectivity index (χ2n) is 6.87. The fraction of sp³-hybridized carbons (Fsp3) is 0.444. The Bertz CT molecular complexity index is 927. The molecule has 3 rings (SSSR count). The number of rotatable bonds is 5. The molecule has 0 unspecified atom stereocenters. The average molecular weight is 410 g/mol. The van der Waals surface area contributed by atoms with Crippen LogP contribution >= 0.6 is 11.6 Å². The molecule has 1 aliphatic rings. The molecule has 1 saturated heterocycles. The number of sulfonamides is 1. The Hall–Kier alpha value is -2.06. The smallest absolute Gasteiger partial charge is 0.262 e. The highest BCUT2D eigenvalue weighted by Gasteiger charge is 2.21. The fourth-order valence-corrected chi connectivity index (χ4v) is 4.28. The number of aryl methyl sites for hydroxylation is 1. The molecule has 27 heavy (non-hydrogen) atoms. The van der Waals surface area contributed by atoms with E-state index < -0.39 is 10.0 Å². The molecule has 0 spiro atoms. The summed E-state index contributed by atoms with van der Waals surface area (Å²) >= 11 is 6.08. The van der Waals surface area contributed by atoms with Crippen molar-refractivity contribution in [2.45, 2.75) is 31.1 Å². The highest BCUT2D eigenvalue weighted by molar-refractivity contribution is 7.92. The molecule has 146 valence electrons. The van der Waals surface area contributed by atoms with Crippen molar-refractivity contribution in [1.29, 1.82) is 0 Å². The van der Waals surface area contributed by atoms with Crippen LogP contribution in [0.3, 0.4) is 0 Å². The van der Waals surface area contributed by atoms with Gasteiger partial charge in [0.15, 0.2) is 5.82 Å². The molecule has 0 atom stereocenters. The van der Waals surface area contributed by atoms with E-state index >= 15 is 0 Å². The van der Waals surface area contributed by atoms with Crippen molar-refractivity contribution in [3.8, 4) is 0 Å².